The summed E-state index contributed by atoms with van der Waals surface area (Å²) in [5.74, 6) is -0.928. The molecule has 0 N–H and O–H groups in total. The molecule has 0 heterocycles. The molecule has 0 spiro atoms. The van der Waals surface area contributed by atoms with E-state index in [0.29, 0.717) is 19.3 Å². The van der Waals surface area contributed by atoms with Crippen molar-refractivity contribution in [3.63, 3.8) is 0 Å². The van der Waals surface area contributed by atoms with E-state index in [4.69, 9.17) is 14.2 Å². The third kappa shape index (κ3) is 44.1. The molecule has 0 saturated carbocycles. The maximum atomic E-state index is 12.7. The van der Waals surface area contributed by atoms with E-state index in [-0.39, 0.29) is 31.1 Å². The molecule has 1 unspecified atom stereocenters. The van der Waals surface area contributed by atoms with Gasteiger partial charge in [0, 0.05) is 19.3 Å². The van der Waals surface area contributed by atoms with Crippen LogP contribution in [0.5, 0.6) is 0 Å². The summed E-state index contributed by atoms with van der Waals surface area (Å²) in [5.41, 5.74) is 0. The molecule has 57 heavy (non-hydrogen) atoms. The van der Waals surface area contributed by atoms with E-state index in [1.54, 1.807) is 0 Å². The van der Waals surface area contributed by atoms with Gasteiger partial charge in [-0.25, -0.2) is 0 Å². The Balaban J connectivity index is 4.44. The molecule has 1 atom stereocenters. The third-order valence-electron chi connectivity index (χ3n) is 10.1. The second-order valence-electron chi connectivity index (χ2n) is 15.7. The van der Waals surface area contributed by atoms with Crippen LogP contribution in [0.3, 0.4) is 0 Å². The molecular weight excluding hydrogens is 709 g/mol. The van der Waals surface area contributed by atoms with Crippen LogP contribution in [0.15, 0.2) is 60.8 Å². The Labute approximate surface area is 351 Å². The highest BCUT2D eigenvalue weighted by Gasteiger charge is 2.19. The van der Waals surface area contributed by atoms with Gasteiger partial charge in [0.15, 0.2) is 6.10 Å². The van der Waals surface area contributed by atoms with E-state index in [1.165, 1.54) is 89.9 Å². The van der Waals surface area contributed by atoms with E-state index in [1.807, 2.05) is 18.2 Å². The molecule has 6 nitrogen and oxygen atoms in total. The van der Waals surface area contributed by atoms with Gasteiger partial charge in [-0.3, -0.25) is 14.4 Å². The SMILES string of the molecule is CC\C=C/C=C\C=C/C=C\CCCCCCCC(=O)OCC(COC(=O)CCCCCCCCCCCCC)OC(=O)CCCCC/C=C\CCCCCCCC. The van der Waals surface area contributed by atoms with E-state index in [9.17, 15) is 14.4 Å². The molecule has 0 aliphatic rings. The van der Waals surface area contributed by atoms with Crippen molar-refractivity contribution in [3.05, 3.63) is 60.8 Å². The van der Waals surface area contributed by atoms with Crippen LogP contribution in [0.25, 0.3) is 0 Å². The second-order valence-corrected chi connectivity index (χ2v) is 15.7. The fourth-order valence-corrected chi connectivity index (χ4v) is 6.51. The molecule has 0 amide bonds. The normalized spacial score (nSPS) is 12.5. The number of hydrogen-bond acceptors (Lipinski definition) is 6. The summed E-state index contributed by atoms with van der Waals surface area (Å²) < 4.78 is 16.7. The molecule has 0 saturated heterocycles. The van der Waals surface area contributed by atoms with Crippen LogP contribution in [0.2, 0.25) is 0 Å². The first kappa shape index (κ1) is 54.1. The van der Waals surface area contributed by atoms with Crippen LogP contribution < -0.4 is 0 Å². The molecule has 0 aromatic rings. The zero-order chi connectivity index (χ0) is 41.5. The van der Waals surface area contributed by atoms with Crippen molar-refractivity contribution in [1.29, 1.82) is 0 Å². The molecule has 0 aliphatic carbocycles. The Bertz CT molecular complexity index is 1050. The Kier molecular flexibility index (Phi) is 43.5. The Hall–Kier alpha value is -2.89. The van der Waals surface area contributed by atoms with Gasteiger partial charge in [0.2, 0.25) is 0 Å². The quantitative estimate of drug-likeness (QED) is 0.0201. The number of rotatable bonds is 42. The minimum atomic E-state index is -0.788. The second kappa shape index (κ2) is 45.8. The van der Waals surface area contributed by atoms with Crippen molar-refractivity contribution in [2.24, 2.45) is 0 Å². The van der Waals surface area contributed by atoms with Gasteiger partial charge in [-0.1, -0.05) is 204 Å². The van der Waals surface area contributed by atoms with Crippen molar-refractivity contribution in [1.82, 2.24) is 0 Å². The van der Waals surface area contributed by atoms with Crippen molar-refractivity contribution < 1.29 is 28.6 Å². The maximum Gasteiger partial charge on any atom is 0.306 e. The molecule has 0 aromatic carbocycles. The van der Waals surface area contributed by atoms with Crippen molar-refractivity contribution in [3.8, 4) is 0 Å². The summed E-state index contributed by atoms with van der Waals surface area (Å²) in [7, 11) is 0. The number of ether oxygens (including phenoxy) is 3. The van der Waals surface area contributed by atoms with E-state index in [2.05, 4.69) is 63.3 Å². The number of carbonyl (C=O) groups is 3. The van der Waals surface area contributed by atoms with Gasteiger partial charge in [0.05, 0.1) is 0 Å². The number of unbranched alkanes of at least 4 members (excludes halogenated alkanes) is 24. The number of esters is 3. The summed E-state index contributed by atoms with van der Waals surface area (Å²) in [5, 5.41) is 0. The Morgan fingerprint density at radius 1 is 0.368 bits per heavy atom. The van der Waals surface area contributed by atoms with Gasteiger partial charge in [0.1, 0.15) is 13.2 Å². The third-order valence-corrected chi connectivity index (χ3v) is 10.1. The molecule has 0 bridgehead atoms. The first-order chi connectivity index (χ1) is 28.0. The lowest BCUT2D eigenvalue weighted by molar-refractivity contribution is -0.167. The van der Waals surface area contributed by atoms with Crippen molar-refractivity contribution in [2.75, 3.05) is 13.2 Å². The van der Waals surface area contributed by atoms with Gasteiger partial charge in [-0.15, -0.1) is 0 Å². The molecule has 328 valence electrons. The Morgan fingerprint density at radius 3 is 1.14 bits per heavy atom. The summed E-state index contributed by atoms with van der Waals surface area (Å²) in [4.78, 5) is 37.8. The topological polar surface area (TPSA) is 78.9 Å². The molecule has 6 heteroatoms. The fraction of sp³-hybridized carbons (Fsp3) is 0.745. The standard InChI is InChI=1S/C51H88O6/c1-4-7-10-13-16-19-22-24-25-27-29-32-35-38-41-44-50(53)56-47-48(46-55-49(52)43-40-37-34-31-28-21-18-15-12-9-6-3)57-51(54)45-42-39-36-33-30-26-23-20-17-14-11-8-5-2/h7,10,13,16,19,22,24-26,30,48H,4-6,8-9,11-12,14-15,17-18,20-21,23,27-29,31-47H2,1-3H3/b10-7-,16-13-,22-19-,25-24-,30-26-. The van der Waals surface area contributed by atoms with E-state index in [0.717, 1.165) is 96.3 Å². The molecule has 0 aromatic heterocycles. The summed E-state index contributed by atoms with van der Waals surface area (Å²) in [6.45, 7) is 6.44. The number of allylic oxidation sites excluding steroid dienone is 10. The molecule has 0 radical (unpaired) electrons. The largest absolute Gasteiger partial charge is 0.462 e. The van der Waals surface area contributed by atoms with Gasteiger partial charge >= 0.3 is 17.9 Å². The summed E-state index contributed by atoms with van der Waals surface area (Å²) >= 11 is 0. The zero-order valence-electron chi connectivity index (χ0n) is 37.3. The zero-order valence-corrected chi connectivity index (χ0v) is 37.3. The van der Waals surface area contributed by atoms with E-state index >= 15 is 0 Å². The first-order valence-electron chi connectivity index (χ1n) is 23.8. The van der Waals surface area contributed by atoms with Crippen LogP contribution in [0.1, 0.15) is 226 Å². The minimum Gasteiger partial charge on any atom is -0.462 e. The minimum absolute atomic E-state index is 0.0868. The summed E-state index contributed by atoms with van der Waals surface area (Å²) in [6, 6.07) is 0. The van der Waals surface area contributed by atoms with Gasteiger partial charge in [-0.05, 0) is 64.2 Å². The molecule has 0 aliphatic heterocycles. The van der Waals surface area contributed by atoms with Gasteiger partial charge < -0.3 is 14.2 Å². The lowest BCUT2D eigenvalue weighted by atomic mass is 10.1. The van der Waals surface area contributed by atoms with Gasteiger partial charge in [0.25, 0.3) is 0 Å². The van der Waals surface area contributed by atoms with Crippen LogP contribution >= 0.6 is 0 Å². The monoisotopic (exact) mass is 797 g/mol. The maximum absolute atomic E-state index is 12.7. The smallest absolute Gasteiger partial charge is 0.306 e. The lowest BCUT2D eigenvalue weighted by Crippen LogP contribution is -2.30. The van der Waals surface area contributed by atoms with Crippen molar-refractivity contribution in [2.45, 2.75) is 232 Å². The lowest BCUT2D eigenvalue weighted by Gasteiger charge is -2.18. The van der Waals surface area contributed by atoms with Crippen LogP contribution in [-0.2, 0) is 28.6 Å². The summed E-state index contributed by atoms with van der Waals surface area (Å²) in [6.07, 6.45) is 54.8. The predicted octanol–water partition coefficient (Wildman–Crippen LogP) is 15.3. The molecular formula is C51H88O6. The predicted molar refractivity (Wildman–Crippen MR) is 242 cm³/mol. The average Bonchev–Trinajstić information content (AvgIpc) is 3.21. The molecule has 0 fully saturated rings. The van der Waals surface area contributed by atoms with E-state index < -0.39 is 6.10 Å². The first-order valence-corrected chi connectivity index (χ1v) is 23.8. The van der Waals surface area contributed by atoms with Crippen LogP contribution in [-0.4, -0.2) is 37.2 Å². The highest BCUT2D eigenvalue weighted by molar-refractivity contribution is 5.71. The number of hydrogen-bond donors (Lipinski definition) is 0. The fourth-order valence-electron chi connectivity index (χ4n) is 6.51. The average molecular weight is 797 g/mol. The number of carbonyl (C=O) groups excluding carboxylic acids is 3. The highest BCUT2D eigenvalue weighted by Crippen LogP contribution is 2.14. The van der Waals surface area contributed by atoms with Crippen LogP contribution in [0.4, 0.5) is 0 Å². The molecule has 0 rings (SSSR count). The Morgan fingerprint density at radius 2 is 0.702 bits per heavy atom. The van der Waals surface area contributed by atoms with Gasteiger partial charge in [-0.2, -0.15) is 0 Å². The highest BCUT2D eigenvalue weighted by atomic mass is 16.6. The van der Waals surface area contributed by atoms with Crippen molar-refractivity contribution >= 4 is 17.9 Å². The van der Waals surface area contributed by atoms with Crippen LogP contribution in [0, 0.1) is 0 Å².